The number of pyridine rings is 1. The Hall–Kier alpha value is -1.78. The van der Waals surface area contributed by atoms with E-state index in [1.165, 1.54) is 0 Å². The maximum Gasteiger partial charge on any atom is 0.241 e. The predicted molar refractivity (Wildman–Crippen MR) is 60.5 cm³/mol. The summed E-state index contributed by atoms with van der Waals surface area (Å²) in [5, 5.41) is 5.54. The molecule has 1 amide bonds. The number of rotatable bonds is 3. The highest BCUT2D eigenvalue weighted by Crippen LogP contribution is 2.13. The molecule has 0 fully saturated rings. The Morgan fingerprint density at radius 3 is 2.80 bits per heavy atom. The summed E-state index contributed by atoms with van der Waals surface area (Å²) in [6.07, 6.45) is 1.58. The van der Waals surface area contributed by atoms with Gasteiger partial charge in [-0.05, 0) is 25.5 Å². The Bertz CT molecular complexity index is 364. The number of nitrogen functional groups attached to an aromatic ring is 1. The minimum Gasteiger partial charge on any atom is -0.397 e. The van der Waals surface area contributed by atoms with E-state index in [4.69, 9.17) is 5.73 Å². The lowest BCUT2D eigenvalue weighted by molar-refractivity contribution is -0.121. The van der Waals surface area contributed by atoms with Crippen LogP contribution >= 0.6 is 0 Å². The molecule has 5 heteroatoms. The SMILES string of the molecule is CNC(=O)C(C)Nc1cc(C)c(N)cn1. The normalized spacial score (nSPS) is 11.9. The van der Waals surface area contributed by atoms with Crippen LogP contribution < -0.4 is 16.4 Å². The second-order valence-electron chi connectivity index (χ2n) is 3.41. The van der Waals surface area contributed by atoms with Crippen molar-refractivity contribution in [3.8, 4) is 0 Å². The predicted octanol–water partition coefficient (Wildman–Crippen LogP) is 0.519. The number of nitrogens with zero attached hydrogens (tertiary/aromatic N) is 1. The third-order valence-electron chi connectivity index (χ3n) is 2.16. The summed E-state index contributed by atoms with van der Waals surface area (Å²) in [4.78, 5) is 15.3. The zero-order chi connectivity index (χ0) is 11.4. The molecule has 0 radical (unpaired) electrons. The van der Waals surface area contributed by atoms with E-state index in [9.17, 15) is 4.79 Å². The van der Waals surface area contributed by atoms with Crippen molar-refractivity contribution < 1.29 is 4.79 Å². The average molecular weight is 208 g/mol. The van der Waals surface area contributed by atoms with Gasteiger partial charge < -0.3 is 16.4 Å². The maximum absolute atomic E-state index is 11.2. The van der Waals surface area contributed by atoms with Crippen molar-refractivity contribution in [3.05, 3.63) is 17.8 Å². The van der Waals surface area contributed by atoms with Crippen LogP contribution in [0.4, 0.5) is 11.5 Å². The first-order valence-electron chi connectivity index (χ1n) is 4.75. The summed E-state index contributed by atoms with van der Waals surface area (Å²) in [7, 11) is 1.60. The summed E-state index contributed by atoms with van der Waals surface area (Å²) in [6.45, 7) is 3.67. The lowest BCUT2D eigenvalue weighted by Gasteiger charge is -2.13. The van der Waals surface area contributed by atoms with Gasteiger partial charge in [0.15, 0.2) is 0 Å². The lowest BCUT2D eigenvalue weighted by Crippen LogP contribution is -2.35. The molecule has 0 aliphatic heterocycles. The highest BCUT2D eigenvalue weighted by Gasteiger charge is 2.10. The molecule has 0 aromatic carbocycles. The van der Waals surface area contributed by atoms with Gasteiger partial charge in [0.1, 0.15) is 11.9 Å². The van der Waals surface area contributed by atoms with Crippen molar-refractivity contribution in [2.45, 2.75) is 19.9 Å². The van der Waals surface area contributed by atoms with Crippen molar-refractivity contribution in [1.82, 2.24) is 10.3 Å². The van der Waals surface area contributed by atoms with Crippen LogP contribution in [0.25, 0.3) is 0 Å². The Labute approximate surface area is 89.1 Å². The van der Waals surface area contributed by atoms with Gasteiger partial charge in [-0.3, -0.25) is 4.79 Å². The van der Waals surface area contributed by atoms with Gasteiger partial charge in [-0.1, -0.05) is 0 Å². The fourth-order valence-electron chi connectivity index (χ4n) is 1.15. The molecule has 5 nitrogen and oxygen atoms in total. The summed E-state index contributed by atoms with van der Waals surface area (Å²) >= 11 is 0. The molecule has 1 rings (SSSR count). The maximum atomic E-state index is 11.2. The quantitative estimate of drug-likeness (QED) is 0.676. The summed E-state index contributed by atoms with van der Waals surface area (Å²) in [5.41, 5.74) is 7.22. The molecule has 0 aliphatic carbocycles. The molecule has 4 N–H and O–H groups in total. The van der Waals surface area contributed by atoms with Crippen LogP contribution in [0.3, 0.4) is 0 Å². The smallest absolute Gasteiger partial charge is 0.241 e. The Kier molecular flexibility index (Phi) is 3.49. The molecule has 1 atom stereocenters. The van der Waals surface area contributed by atoms with Crippen molar-refractivity contribution in [3.63, 3.8) is 0 Å². The van der Waals surface area contributed by atoms with Gasteiger partial charge in [0.2, 0.25) is 5.91 Å². The average Bonchev–Trinajstić information content (AvgIpc) is 2.22. The van der Waals surface area contributed by atoms with E-state index < -0.39 is 0 Å². The first kappa shape index (κ1) is 11.3. The van der Waals surface area contributed by atoms with E-state index >= 15 is 0 Å². The molecular formula is C10H16N4O. The monoisotopic (exact) mass is 208 g/mol. The van der Waals surface area contributed by atoms with Crippen LogP contribution in [-0.2, 0) is 4.79 Å². The van der Waals surface area contributed by atoms with Crippen LogP contribution in [0, 0.1) is 6.92 Å². The summed E-state index contributed by atoms with van der Waals surface area (Å²) in [5.74, 6) is 0.573. The van der Waals surface area contributed by atoms with Gasteiger partial charge in [-0.15, -0.1) is 0 Å². The molecule has 0 saturated heterocycles. The molecule has 0 bridgehead atoms. The number of carbonyl (C=O) groups excluding carboxylic acids is 1. The van der Waals surface area contributed by atoms with E-state index in [1.54, 1.807) is 20.2 Å². The number of anilines is 2. The summed E-state index contributed by atoms with van der Waals surface area (Å²) in [6, 6.07) is 1.50. The zero-order valence-electron chi connectivity index (χ0n) is 9.16. The molecule has 1 aromatic rings. The molecular weight excluding hydrogens is 192 g/mol. The van der Waals surface area contributed by atoms with Crippen molar-refractivity contribution in [1.29, 1.82) is 0 Å². The minimum absolute atomic E-state index is 0.0775. The first-order valence-corrected chi connectivity index (χ1v) is 4.75. The van der Waals surface area contributed by atoms with Crippen molar-refractivity contribution in [2.75, 3.05) is 18.1 Å². The molecule has 0 spiro atoms. The lowest BCUT2D eigenvalue weighted by atomic mass is 10.2. The molecule has 82 valence electrons. The van der Waals surface area contributed by atoms with Crippen LogP contribution in [0.15, 0.2) is 12.3 Å². The number of amides is 1. The fourth-order valence-corrected chi connectivity index (χ4v) is 1.15. The number of nitrogens with two attached hydrogens (primary N) is 1. The first-order chi connectivity index (χ1) is 7.04. The van der Waals surface area contributed by atoms with Gasteiger partial charge in [0, 0.05) is 7.05 Å². The van der Waals surface area contributed by atoms with Gasteiger partial charge >= 0.3 is 0 Å². The Morgan fingerprint density at radius 1 is 1.60 bits per heavy atom. The third-order valence-corrected chi connectivity index (χ3v) is 2.16. The van der Waals surface area contributed by atoms with Crippen LogP contribution in [0.2, 0.25) is 0 Å². The fraction of sp³-hybridized carbons (Fsp3) is 0.400. The van der Waals surface area contributed by atoms with E-state index in [1.807, 2.05) is 13.0 Å². The van der Waals surface area contributed by atoms with E-state index in [2.05, 4.69) is 15.6 Å². The zero-order valence-corrected chi connectivity index (χ0v) is 9.16. The molecule has 0 aliphatic rings. The highest BCUT2D eigenvalue weighted by atomic mass is 16.2. The molecule has 0 saturated carbocycles. The van der Waals surface area contributed by atoms with Crippen LogP contribution in [0.1, 0.15) is 12.5 Å². The second-order valence-corrected chi connectivity index (χ2v) is 3.41. The van der Waals surface area contributed by atoms with Gasteiger partial charge in [0.05, 0.1) is 11.9 Å². The molecule has 1 heterocycles. The molecule has 15 heavy (non-hydrogen) atoms. The molecule has 1 unspecified atom stereocenters. The van der Waals surface area contributed by atoms with Gasteiger partial charge in [-0.2, -0.15) is 0 Å². The highest BCUT2D eigenvalue weighted by molar-refractivity contribution is 5.83. The van der Waals surface area contributed by atoms with Gasteiger partial charge in [0.25, 0.3) is 0 Å². The van der Waals surface area contributed by atoms with Gasteiger partial charge in [-0.25, -0.2) is 4.98 Å². The third kappa shape index (κ3) is 2.83. The second kappa shape index (κ2) is 4.63. The number of likely N-dealkylation sites (N-methyl/N-ethyl adjacent to an activating group) is 1. The van der Waals surface area contributed by atoms with E-state index in [0.717, 1.165) is 5.56 Å². The van der Waals surface area contributed by atoms with Crippen molar-refractivity contribution in [2.24, 2.45) is 0 Å². The largest absolute Gasteiger partial charge is 0.397 e. The number of carbonyl (C=O) groups is 1. The summed E-state index contributed by atoms with van der Waals surface area (Å²) < 4.78 is 0. The Morgan fingerprint density at radius 2 is 2.27 bits per heavy atom. The number of nitrogens with one attached hydrogen (secondary N) is 2. The standard InChI is InChI=1S/C10H16N4O/c1-6-4-9(13-5-8(6)11)14-7(2)10(15)12-3/h4-5,7H,11H2,1-3H3,(H,12,15)(H,13,14). The number of aromatic nitrogens is 1. The van der Waals surface area contributed by atoms with Crippen LogP contribution in [0.5, 0.6) is 0 Å². The topological polar surface area (TPSA) is 80.0 Å². The Balaban J connectivity index is 2.73. The molecule has 1 aromatic heterocycles. The van der Waals surface area contributed by atoms with E-state index in [0.29, 0.717) is 11.5 Å². The number of hydrogen-bond acceptors (Lipinski definition) is 4. The van der Waals surface area contributed by atoms with E-state index in [-0.39, 0.29) is 11.9 Å². The van der Waals surface area contributed by atoms with Crippen molar-refractivity contribution >= 4 is 17.4 Å². The minimum atomic E-state index is -0.314. The number of hydrogen-bond donors (Lipinski definition) is 3. The van der Waals surface area contributed by atoms with Crippen LogP contribution in [-0.4, -0.2) is 24.0 Å². The number of aryl methyl sites for hydroxylation is 1.